The summed E-state index contributed by atoms with van der Waals surface area (Å²) >= 11 is 3.04. The van der Waals surface area contributed by atoms with Crippen LogP contribution in [0.5, 0.6) is 0 Å². The SMILES string of the molecule is CCCN1CCc2c(sc(NC(=O)Cc3cccs3)c2C(N)=O)C1. The van der Waals surface area contributed by atoms with E-state index >= 15 is 0 Å². The van der Waals surface area contributed by atoms with Crippen LogP contribution in [0.2, 0.25) is 0 Å². The molecule has 2 aromatic heterocycles. The first-order chi connectivity index (χ1) is 11.6. The molecule has 0 aromatic carbocycles. The fourth-order valence-corrected chi connectivity index (χ4v) is 5.07. The molecular weight excluding hydrogens is 342 g/mol. The van der Waals surface area contributed by atoms with Crippen molar-refractivity contribution in [2.45, 2.75) is 32.7 Å². The maximum absolute atomic E-state index is 12.3. The van der Waals surface area contributed by atoms with Crippen molar-refractivity contribution in [3.63, 3.8) is 0 Å². The van der Waals surface area contributed by atoms with Crippen molar-refractivity contribution in [2.75, 3.05) is 18.4 Å². The predicted molar refractivity (Wildman–Crippen MR) is 98.8 cm³/mol. The number of nitrogens with zero attached hydrogens (tertiary/aromatic N) is 1. The third-order valence-corrected chi connectivity index (χ3v) is 6.10. The van der Waals surface area contributed by atoms with Gasteiger partial charge in [-0.3, -0.25) is 14.5 Å². The number of hydrogen-bond acceptors (Lipinski definition) is 5. The summed E-state index contributed by atoms with van der Waals surface area (Å²) < 4.78 is 0. The Kier molecular flexibility index (Phi) is 5.33. The van der Waals surface area contributed by atoms with Crippen molar-refractivity contribution in [1.29, 1.82) is 0 Å². The second kappa shape index (κ2) is 7.46. The Labute approximate surface area is 149 Å². The molecule has 3 rings (SSSR count). The minimum atomic E-state index is -0.456. The van der Waals surface area contributed by atoms with Gasteiger partial charge < -0.3 is 11.1 Å². The minimum absolute atomic E-state index is 0.107. The van der Waals surface area contributed by atoms with Crippen molar-refractivity contribution < 1.29 is 9.59 Å². The highest BCUT2D eigenvalue weighted by Crippen LogP contribution is 2.37. The average molecular weight is 364 g/mol. The number of carbonyl (C=O) groups is 2. The Hall–Kier alpha value is -1.70. The quantitative estimate of drug-likeness (QED) is 0.829. The molecule has 0 saturated heterocycles. The lowest BCUT2D eigenvalue weighted by atomic mass is 10.0. The van der Waals surface area contributed by atoms with Gasteiger partial charge in [0, 0.05) is 22.8 Å². The molecule has 0 aliphatic carbocycles. The van der Waals surface area contributed by atoms with E-state index in [9.17, 15) is 9.59 Å². The van der Waals surface area contributed by atoms with E-state index < -0.39 is 5.91 Å². The van der Waals surface area contributed by atoms with Crippen LogP contribution in [0.4, 0.5) is 5.00 Å². The lowest BCUT2D eigenvalue weighted by Gasteiger charge is -2.26. The molecule has 3 N–H and O–H groups in total. The maximum Gasteiger partial charge on any atom is 0.251 e. The molecule has 2 aromatic rings. The Morgan fingerprint density at radius 2 is 2.25 bits per heavy atom. The van der Waals surface area contributed by atoms with Crippen LogP contribution in [0.3, 0.4) is 0 Å². The molecule has 0 radical (unpaired) electrons. The third kappa shape index (κ3) is 3.68. The van der Waals surface area contributed by atoms with Crippen LogP contribution in [0.15, 0.2) is 17.5 Å². The van der Waals surface area contributed by atoms with Gasteiger partial charge >= 0.3 is 0 Å². The zero-order valence-corrected chi connectivity index (χ0v) is 15.3. The van der Waals surface area contributed by atoms with Crippen LogP contribution in [-0.4, -0.2) is 29.8 Å². The summed E-state index contributed by atoms with van der Waals surface area (Å²) in [4.78, 5) is 28.7. The standard InChI is InChI=1S/C17H21N3O2S2/c1-2-6-20-7-5-12-13(10-20)24-17(15(12)16(18)22)19-14(21)9-11-4-3-8-23-11/h3-4,8H,2,5-7,9-10H2,1H3,(H2,18,22)(H,19,21). The zero-order chi connectivity index (χ0) is 17.1. The molecule has 128 valence electrons. The van der Waals surface area contributed by atoms with Crippen molar-refractivity contribution in [3.8, 4) is 0 Å². The molecule has 0 bridgehead atoms. The van der Waals surface area contributed by atoms with Crippen molar-refractivity contribution in [2.24, 2.45) is 5.73 Å². The number of nitrogens with two attached hydrogens (primary N) is 1. The highest BCUT2D eigenvalue weighted by atomic mass is 32.1. The molecule has 3 heterocycles. The largest absolute Gasteiger partial charge is 0.365 e. The van der Waals surface area contributed by atoms with Gasteiger partial charge in [-0.05, 0) is 36.4 Å². The molecule has 0 spiro atoms. The van der Waals surface area contributed by atoms with Crippen LogP contribution in [0.25, 0.3) is 0 Å². The summed E-state index contributed by atoms with van der Waals surface area (Å²) in [5, 5.41) is 5.45. The van der Waals surface area contributed by atoms with Crippen molar-refractivity contribution >= 4 is 39.5 Å². The summed E-state index contributed by atoms with van der Waals surface area (Å²) in [6, 6.07) is 3.86. The summed E-state index contributed by atoms with van der Waals surface area (Å²) in [6.07, 6.45) is 2.24. The normalized spacial score (nSPS) is 14.4. The maximum atomic E-state index is 12.3. The molecule has 7 heteroatoms. The topological polar surface area (TPSA) is 75.4 Å². The van der Waals surface area contributed by atoms with E-state index in [4.69, 9.17) is 5.73 Å². The molecule has 1 aliphatic heterocycles. The second-order valence-corrected chi connectivity index (χ2v) is 8.04. The first kappa shape index (κ1) is 17.1. The molecule has 0 atom stereocenters. The lowest BCUT2D eigenvalue weighted by Crippen LogP contribution is -2.31. The number of fused-ring (bicyclic) bond motifs is 1. The van der Waals surface area contributed by atoms with Gasteiger partial charge in [0.1, 0.15) is 5.00 Å². The van der Waals surface area contributed by atoms with Gasteiger partial charge in [0.05, 0.1) is 12.0 Å². The molecule has 24 heavy (non-hydrogen) atoms. The van der Waals surface area contributed by atoms with E-state index in [1.54, 1.807) is 11.3 Å². The number of amides is 2. The Morgan fingerprint density at radius 1 is 1.42 bits per heavy atom. The summed E-state index contributed by atoms with van der Waals surface area (Å²) in [7, 11) is 0. The van der Waals surface area contributed by atoms with E-state index in [0.29, 0.717) is 17.0 Å². The molecular formula is C17H21N3O2S2. The number of anilines is 1. The van der Waals surface area contributed by atoms with Crippen LogP contribution >= 0.6 is 22.7 Å². The first-order valence-corrected chi connectivity index (χ1v) is 9.77. The molecule has 1 aliphatic rings. The fraction of sp³-hybridized carbons (Fsp3) is 0.412. The predicted octanol–water partition coefficient (Wildman–Crippen LogP) is 2.86. The minimum Gasteiger partial charge on any atom is -0.365 e. The Balaban J connectivity index is 1.80. The van der Waals surface area contributed by atoms with E-state index in [-0.39, 0.29) is 5.91 Å². The number of hydrogen-bond donors (Lipinski definition) is 2. The van der Waals surface area contributed by atoms with E-state index in [2.05, 4.69) is 17.1 Å². The average Bonchev–Trinajstić information content (AvgIpc) is 3.14. The van der Waals surface area contributed by atoms with Crippen LogP contribution in [0.1, 0.15) is 39.0 Å². The highest BCUT2D eigenvalue weighted by Gasteiger charge is 2.27. The molecule has 0 unspecified atom stereocenters. The number of primary amides is 1. The summed E-state index contributed by atoms with van der Waals surface area (Å²) in [5.41, 5.74) is 7.12. The highest BCUT2D eigenvalue weighted by molar-refractivity contribution is 7.17. The monoisotopic (exact) mass is 363 g/mol. The van der Waals surface area contributed by atoms with Gasteiger partial charge in [-0.15, -0.1) is 22.7 Å². The molecule has 2 amide bonds. The first-order valence-electron chi connectivity index (χ1n) is 8.07. The van der Waals surface area contributed by atoms with Gasteiger partial charge in [-0.25, -0.2) is 0 Å². The molecule has 0 fully saturated rings. The van der Waals surface area contributed by atoms with Gasteiger partial charge in [0.2, 0.25) is 5.91 Å². The summed E-state index contributed by atoms with van der Waals surface area (Å²) in [5.74, 6) is -0.563. The van der Waals surface area contributed by atoms with Crippen LogP contribution < -0.4 is 11.1 Å². The van der Waals surface area contributed by atoms with Crippen LogP contribution in [-0.2, 0) is 24.2 Å². The van der Waals surface area contributed by atoms with Gasteiger partial charge in [0.25, 0.3) is 5.91 Å². The summed E-state index contributed by atoms with van der Waals surface area (Å²) in [6.45, 7) is 4.97. The number of nitrogens with one attached hydrogen (secondary N) is 1. The van der Waals surface area contributed by atoms with Crippen molar-refractivity contribution in [3.05, 3.63) is 38.4 Å². The van der Waals surface area contributed by atoms with E-state index in [0.717, 1.165) is 47.8 Å². The molecule has 5 nitrogen and oxygen atoms in total. The van der Waals surface area contributed by atoms with Crippen LogP contribution in [0, 0.1) is 0 Å². The lowest BCUT2D eigenvalue weighted by molar-refractivity contribution is -0.115. The van der Waals surface area contributed by atoms with Crippen molar-refractivity contribution in [1.82, 2.24) is 4.90 Å². The molecule has 0 saturated carbocycles. The van der Waals surface area contributed by atoms with Gasteiger partial charge in [-0.2, -0.15) is 0 Å². The number of carbonyl (C=O) groups excluding carboxylic acids is 2. The number of rotatable bonds is 6. The van der Waals surface area contributed by atoms with Gasteiger partial charge in [0.15, 0.2) is 0 Å². The van der Waals surface area contributed by atoms with E-state index in [1.807, 2.05) is 17.5 Å². The fourth-order valence-electron chi connectivity index (χ4n) is 3.05. The Morgan fingerprint density at radius 3 is 2.92 bits per heavy atom. The van der Waals surface area contributed by atoms with Gasteiger partial charge in [-0.1, -0.05) is 13.0 Å². The van der Waals surface area contributed by atoms with E-state index in [1.165, 1.54) is 11.3 Å². The zero-order valence-electron chi connectivity index (χ0n) is 13.6. The third-order valence-electron chi connectivity index (χ3n) is 4.09. The number of thiophene rings is 2. The second-order valence-electron chi connectivity index (χ2n) is 5.90. The smallest absolute Gasteiger partial charge is 0.251 e. The Bertz CT molecular complexity index is 737.